The molecule has 2 fully saturated rings. The number of phenols is 1. The highest BCUT2D eigenvalue weighted by atomic mass is 35.5. The predicted octanol–water partition coefficient (Wildman–Crippen LogP) is 1.26. The van der Waals surface area contributed by atoms with Crippen molar-refractivity contribution >= 4 is 17.6 Å². The van der Waals surface area contributed by atoms with Crippen molar-refractivity contribution in [3.8, 4) is 5.75 Å². The SMILES string of the molecule is O=C(O)CN1C[C@@H]2COC[C@H](C1)N(Cc1cccc(O)c1Cl)C2. The van der Waals surface area contributed by atoms with Gasteiger partial charge in [-0.15, -0.1) is 0 Å². The van der Waals surface area contributed by atoms with Gasteiger partial charge in [0, 0.05) is 38.1 Å². The molecule has 0 aliphatic carbocycles. The first-order valence-corrected chi connectivity index (χ1v) is 8.13. The van der Waals surface area contributed by atoms with Gasteiger partial charge in [-0.3, -0.25) is 14.6 Å². The summed E-state index contributed by atoms with van der Waals surface area (Å²) in [5, 5.41) is 19.2. The predicted molar refractivity (Wildman–Crippen MR) is 85.7 cm³/mol. The molecule has 2 N–H and O–H groups in total. The number of benzene rings is 1. The first kappa shape index (κ1) is 16.5. The minimum atomic E-state index is -0.798. The zero-order valence-corrected chi connectivity index (χ0v) is 13.6. The Hall–Kier alpha value is -1.34. The summed E-state index contributed by atoms with van der Waals surface area (Å²) < 4.78 is 5.74. The molecule has 0 aromatic heterocycles. The molecule has 2 aliphatic rings. The molecule has 0 unspecified atom stereocenters. The van der Waals surface area contributed by atoms with Crippen LogP contribution in [0.15, 0.2) is 18.2 Å². The monoisotopic (exact) mass is 340 g/mol. The summed E-state index contributed by atoms with van der Waals surface area (Å²) in [6, 6.07) is 5.39. The van der Waals surface area contributed by atoms with Gasteiger partial charge in [-0.1, -0.05) is 23.7 Å². The van der Waals surface area contributed by atoms with Gasteiger partial charge in [-0.05, 0) is 11.6 Å². The molecule has 6 nitrogen and oxygen atoms in total. The number of hydrogen-bond acceptors (Lipinski definition) is 5. The maximum Gasteiger partial charge on any atom is 0.317 e. The van der Waals surface area contributed by atoms with E-state index in [1.807, 2.05) is 11.0 Å². The Balaban J connectivity index is 1.77. The number of carbonyl (C=O) groups is 1. The second-order valence-electron chi connectivity index (χ2n) is 6.32. The molecule has 3 rings (SSSR count). The summed E-state index contributed by atoms with van der Waals surface area (Å²) in [6.45, 7) is 4.16. The number of carboxylic acids is 1. The van der Waals surface area contributed by atoms with E-state index in [2.05, 4.69) is 4.90 Å². The van der Waals surface area contributed by atoms with Crippen LogP contribution in [0.4, 0.5) is 0 Å². The fraction of sp³-hybridized carbons (Fsp3) is 0.562. The molecule has 23 heavy (non-hydrogen) atoms. The van der Waals surface area contributed by atoms with E-state index in [4.69, 9.17) is 21.4 Å². The smallest absolute Gasteiger partial charge is 0.317 e. The van der Waals surface area contributed by atoms with Gasteiger partial charge < -0.3 is 14.9 Å². The van der Waals surface area contributed by atoms with Gasteiger partial charge in [0.1, 0.15) is 5.75 Å². The number of aromatic hydroxyl groups is 1. The van der Waals surface area contributed by atoms with Crippen molar-refractivity contribution in [2.75, 3.05) is 39.4 Å². The van der Waals surface area contributed by atoms with Crippen LogP contribution in [0.3, 0.4) is 0 Å². The van der Waals surface area contributed by atoms with Crippen LogP contribution in [0.5, 0.6) is 5.75 Å². The minimum absolute atomic E-state index is 0.0632. The van der Waals surface area contributed by atoms with Crippen LogP contribution >= 0.6 is 11.6 Å². The fourth-order valence-electron chi connectivity index (χ4n) is 3.45. The van der Waals surface area contributed by atoms with Gasteiger partial charge in [0.25, 0.3) is 0 Å². The van der Waals surface area contributed by atoms with Gasteiger partial charge >= 0.3 is 5.97 Å². The summed E-state index contributed by atoms with van der Waals surface area (Å²) in [5.74, 6) is -0.433. The van der Waals surface area contributed by atoms with Crippen molar-refractivity contribution in [3.05, 3.63) is 28.8 Å². The first-order valence-electron chi connectivity index (χ1n) is 7.75. The van der Waals surface area contributed by atoms with Crippen molar-refractivity contribution < 1.29 is 19.7 Å². The normalized spacial score (nSPS) is 26.0. The van der Waals surface area contributed by atoms with Gasteiger partial charge in [-0.25, -0.2) is 0 Å². The molecule has 2 atom stereocenters. The zero-order chi connectivity index (χ0) is 16.4. The standard InChI is InChI=1S/C16H21ClN2O4/c17-16-12(2-1-3-14(16)20)6-19-5-11-4-18(8-15(21)22)7-13(19)10-23-9-11/h1-3,11,13,20H,4-10H2,(H,21,22)/t11-,13-/m0/s1. The third-order valence-electron chi connectivity index (χ3n) is 4.45. The molecule has 2 saturated heterocycles. The lowest BCUT2D eigenvalue weighted by Crippen LogP contribution is -2.44. The lowest BCUT2D eigenvalue weighted by atomic mass is 10.1. The van der Waals surface area contributed by atoms with Gasteiger partial charge in [0.05, 0.1) is 24.8 Å². The summed E-state index contributed by atoms with van der Waals surface area (Å²) >= 11 is 6.20. The Labute approximate surface area is 140 Å². The van der Waals surface area contributed by atoms with Crippen molar-refractivity contribution in [2.45, 2.75) is 12.6 Å². The number of halogens is 1. The number of phenolic OH excluding ortho intramolecular Hbond substituents is 1. The Bertz CT molecular complexity index is 583. The quantitative estimate of drug-likeness (QED) is 0.859. The molecule has 1 aromatic carbocycles. The van der Waals surface area contributed by atoms with E-state index in [0.717, 1.165) is 18.7 Å². The maximum absolute atomic E-state index is 11.0. The second kappa shape index (κ2) is 7.05. The van der Waals surface area contributed by atoms with E-state index < -0.39 is 5.97 Å². The highest BCUT2D eigenvalue weighted by Crippen LogP contribution is 2.29. The lowest BCUT2D eigenvalue weighted by molar-refractivity contribution is -0.138. The molecular formula is C16H21ClN2O4. The number of hydrogen-bond donors (Lipinski definition) is 2. The minimum Gasteiger partial charge on any atom is -0.506 e. The van der Waals surface area contributed by atoms with E-state index in [1.54, 1.807) is 12.1 Å². The van der Waals surface area contributed by atoms with Crippen LogP contribution in [0, 0.1) is 5.92 Å². The van der Waals surface area contributed by atoms with Gasteiger partial charge in [0.2, 0.25) is 0 Å². The lowest BCUT2D eigenvalue weighted by Gasteiger charge is -2.30. The molecule has 0 saturated carbocycles. The molecule has 0 radical (unpaired) electrons. The van der Waals surface area contributed by atoms with Gasteiger partial charge in [0.15, 0.2) is 0 Å². The molecule has 2 bridgehead atoms. The first-order chi connectivity index (χ1) is 11.0. The Kier molecular flexibility index (Phi) is 5.06. The average molecular weight is 341 g/mol. The summed E-state index contributed by atoms with van der Waals surface area (Å²) in [7, 11) is 0. The zero-order valence-electron chi connectivity index (χ0n) is 12.8. The van der Waals surface area contributed by atoms with E-state index in [-0.39, 0.29) is 24.3 Å². The van der Waals surface area contributed by atoms with Crippen LogP contribution in [0.1, 0.15) is 5.56 Å². The van der Waals surface area contributed by atoms with Crippen molar-refractivity contribution in [2.24, 2.45) is 5.92 Å². The van der Waals surface area contributed by atoms with E-state index in [0.29, 0.717) is 31.3 Å². The Morgan fingerprint density at radius 3 is 2.91 bits per heavy atom. The molecule has 7 heteroatoms. The van der Waals surface area contributed by atoms with Crippen molar-refractivity contribution in [1.82, 2.24) is 9.80 Å². The molecule has 2 heterocycles. The molecule has 0 spiro atoms. The van der Waals surface area contributed by atoms with Crippen molar-refractivity contribution in [1.29, 1.82) is 0 Å². The topological polar surface area (TPSA) is 73.2 Å². The van der Waals surface area contributed by atoms with Crippen LogP contribution in [0.25, 0.3) is 0 Å². The summed E-state index contributed by atoms with van der Waals surface area (Å²) in [4.78, 5) is 15.3. The number of aliphatic carboxylic acids is 1. The molecule has 2 aliphatic heterocycles. The van der Waals surface area contributed by atoms with Gasteiger partial charge in [-0.2, -0.15) is 0 Å². The number of nitrogens with zero attached hydrogens (tertiary/aromatic N) is 2. The van der Waals surface area contributed by atoms with Crippen LogP contribution < -0.4 is 0 Å². The second-order valence-corrected chi connectivity index (χ2v) is 6.70. The van der Waals surface area contributed by atoms with Crippen LogP contribution in [-0.4, -0.2) is 71.4 Å². The van der Waals surface area contributed by atoms with E-state index >= 15 is 0 Å². The molecule has 0 amide bonds. The Morgan fingerprint density at radius 2 is 2.13 bits per heavy atom. The number of fused-ring (bicyclic) bond motifs is 3. The summed E-state index contributed by atoms with van der Waals surface area (Å²) in [6.07, 6.45) is 0. The van der Waals surface area contributed by atoms with E-state index in [1.165, 1.54) is 0 Å². The molecule has 126 valence electrons. The fourth-order valence-corrected chi connectivity index (χ4v) is 3.63. The highest BCUT2D eigenvalue weighted by molar-refractivity contribution is 6.32. The number of carboxylic acid groups (broad SMARTS) is 1. The molecular weight excluding hydrogens is 320 g/mol. The Morgan fingerprint density at radius 1 is 1.30 bits per heavy atom. The summed E-state index contributed by atoms with van der Waals surface area (Å²) in [5.41, 5.74) is 0.879. The highest BCUT2D eigenvalue weighted by Gasteiger charge is 2.34. The third-order valence-corrected chi connectivity index (χ3v) is 4.89. The van der Waals surface area contributed by atoms with Crippen LogP contribution in [-0.2, 0) is 16.1 Å². The largest absolute Gasteiger partial charge is 0.506 e. The number of ether oxygens (including phenoxy) is 1. The van der Waals surface area contributed by atoms with Crippen LogP contribution in [0.2, 0.25) is 5.02 Å². The third kappa shape index (κ3) is 3.95. The molecule has 1 aromatic rings. The maximum atomic E-state index is 11.0. The average Bonchev–Trinajstić information content (AvgIpc) is 2.73. The van der Waals surface area contributed by atoms with Crippen molar-refractivity contribution in [3.63, 3.8) is 0 Å². The van der Waals surface area contributed by atoms with E-state index in [9.17, 15) is 9.90 Å². The number of rotatable bonds is 4.